The summed E-state index contributed by atoms with van der Waals surface area (Å²) < 4.78 is 38.1. The minimum Gasteiger partial charge on any atom is -0.352 e. The fraction of sp³-hybridized carbons (Fsp3) is 0.458. The summed E-state index contributed by atoms with van der Waals surface area (Å²) in [7, 11) is 0. The zero-order chi connectivity index (χ0) is 21.1. The van der Waals surface area contributed by atoms with Crippen LogP contribution in [0.5, 0.6) is 0 Å². The molecule has 6 heteroatoms. The number of carbonyl (C=O) groups excluding carboxylic acids is 1. The van der Waals surface area contributed by atoms with Gasteiger partial charge in [-0.3, -0.25) is 9.69 Å². The molecule has 160 valence electrons. The lowest BCUT2D eigenvalue weighted by Gasteiger charge is -2.27. The van der Waals surface area contributed by atoms with Gasteiger partial charge in [0.1, 0.15) is 0 Å². The Morgan fingerprint density at radius 1 is 0.967 bits per heavy atom. The number of likely N-dealkylation sites (tertiary alicyclic amines) is 1. The third kappa shape index (κ3) is 5.04. The molecule has 1 aliphatic carbocycles. The zero-order valence-electron chi connectivity index (χ0n) is 16.9. The van der Waals surface area contributed by atoms with Crippen LogP contribution in [0, 0.1) is 5.92 Å². The lowest BCUT2D eigenvalue weighted by Crippen LogP contribution is -2.30. The van der Waals surface area contributed by atoms with Gasteiger partial charge >= 0.3 is 6.18 Å². The number of amides is 1. The Labute approximate surface area is 175 Å². The van der Waals surface area contributed by atoms with Crippen molar-refractivity contribution in [2.75, 3.05) is 13.1 Å². The van der Waals surface area contributed by atoms with Gasteiger partial charge in [0.15, 0.2) is 0 Å². The molecule has 3 nitrogen and oxygen atoms in total. The van der Waals surface area contributed by atoms with Gasteiger partial charge in [-0.15, -0.1) is 0 Å². The standard InChI is InChI=1S/C24H27F3N2O/c25-24(26,27)20-10-8-17(9-11-20)21-14-22(21)23(30)28-15-18-6-2-3-7-19(18)16-29-12-4-1-5-13-29/h2-3,6-11,21-22H,1,4-5,12-16H2,(H,28,30). The highest BCUT2D eigenvalue weighted by atomic mass is 19.4. The summed E-state index contributed by atoms with van der Waals surface area (Å²) in [5, 5.41) is 3.04. The Morgan fingerprint density at radius 3 is 2.30 bits per heavy atom. The van der Waals surface area contributed by atoms with E-state index >= 15 is 0 Å². The molecule has 1 aliphatic heterocycles. The molecule has 1 N–H and O–H groups in total. The fourth-order valence-electron chi connectivity index (χ4n) is 4.33. The van der Waals surface area contributed by atoms with Crippen molar-refractivity contribution in [2.24, 2.45) is 5.92 Å². The number of alkyl halides is 3. The molecule has 30 heavy (non-hydrogen) atoms. The number of benzene rings is 2. The SMILES string of the molecule is O=C(NCc1ccccc1CN1CCCCC1)C1CC1c1ccc(C(F)(F)F)cc1. The lowest BCUT2D eigenvalue weighted by atomic mass is 10.0. The number of rotatable bonds is 6. The maximum Gasteiger partial charge on any atom is 0.416 e. The van der Waals surface area contributed by atoms with Crippen molar-refractivity contribution < 1.29 is 18.0 Å². The van der Waals surface area contributed by atoms with Crippen molar-refractivity contribution in [3.63, 3.8) is 0 Å². The van der Waals surface area contributed by atoms with E-state index in [-0.39, 0.29) is 17.7 Å². The smallest absolute Gasteiger partial charge is 0.352 e. The van der Waals surface area contributed by atoms with Crippen molar-refractivity contribution in [1.29, 1.82) is 0 Å². The van der Waals surface area contributed by atoms with Crippen LogP contribution >= 0.6 is 0 Å². The third-order valence-corrected chi connectivity index (χ3v) is 6.21. The molecule has 1 heterocycles. The highest BCUT2D eigenvalue weighted by Gasteiger charge is 2.44. The number of nitrogens with one attached hydrogen (secondary N) is 1. The molecule has 4 rings (SSSR count). The van der Waals surface area contributed by atoms with Crippen LogP contribution in [0.3, 0.4) is 0 Å². The molecule has 2 fully saturated rings. The van der Waals surface area contributed by atoms with E-state index in [0.29, 0.717) is 13.0 Å². The second-order valence-electron chi connectivity index (χ2n) is 8.39. The number of hydrogen-bond donors (Lipinski definition) is 1. The van der Waals surface area contributed by atoms with Crippen LogP contribution in [0.15, 0.2) is 48.5 Å². The first-order valence-electron chi connectivity index (χ1n) is 10.7. The summed E-state index contributed by atoms with van der Waals surface area (Å²) in [6.07, 6.45) is 0.139. The summed E-state index contributed by atoms with van der Waals surface area (Å²) in [5.74, 6) is -0.167. The predicted molar refractivity (Wildman–Crippen MR) is 110 cm³/mol. The third-order valence-electron chi connectivity index (χ3n) is 6.21. The summed E-state index contributed by atoms with van der Waals surface area (Å²) in [5.41, 5.74) is 2.52. The average molecular weight is 416 g/mol. The average Bonchev–Trinajstić information content (AvgIpc) is 3.54. The van der Waals surface area contributed by atoms with Crippen molar-refractivity contribution in [3.8, 4) is 0 Å². The van der Waals surface area contributed by atoms with Crippen LogP contribution in [0.1, 0.15) is 53.9 Å². The molecule has 0 radical (unpaired) electrons. The second-order valence-corrected chi connectivity index (χ2v) is 8.39. The second kappa shape index (κ2) is 8.80. The van der Waals surface area contributed by atoms with Crippen molar-refractivity contribution in [3.05, 3.63) is 70.8 Å². The first-order chi connectivity index (χ1) is 14.4. The van der Waals surface area contributed by atoms with Gasteiger partial charge in [0.05, 0.1) is 5.56 Å². The highest BCUT2D eigenvalue weighted by molar-refractivity contribution is 5.82. The van der Waals surface area contributed by atoms with Crippen molar-refractivity contribution >= 4 is 5.91 Å². The first-order valence-corrected chi connectivity index (χ1v) is 10.7. The number of piperidine rings is 1. The Hall–Kier alpha value is -2.34. The number of carbonyl (C=O) groups is 1. The normalized spacial score (nSPS) is 22.0. The molecule has 2 atom stereocenters. The van der Waals surface area contributed by atoms with E-state index in [9.17, 15) is 18.0 Å². The van der Waals surface area contributed by atoms with Gasteiger partial charge in [-0.2, -0.15) is 13.2 Å². The van der Waals surface area contributed by atoms with E-state index < -0.39 is 11.7 Å². The van der Waals surface area contributed by atoms with Gasteiger partial charge in [0.25, 0.3) is 0 Å². The quantitative estimate of drug-likeness (QED) is 0.710. The van der Waals surface area contributed by atoms with Crippen LogP contribution in [0.4, 0.5) is 13.2 Å². The van der Waals surface area contributed by atoms with E-state index in [0.717, 1.165) is 42.9 Å². The van der Waals surface area contributed by atoms with E-state index in [2.05, 4.69) is 22.3 Å². The maximum atomic E-state index is 12.7. The summed E-state index contributed by atoms with van der Waals surface area (Å²) in [4.78, 5) is 15.1. The van der Waals surface area contributed by atoms with Gasteiger partial charge in [0, 0.05) is 19.0 Å². The molecule has 2 unspecified atom stereocenters. The predicted octanol–water partition coefficient (Wildman–Crippen LogP) is 5.11. The van der Waals surface area contributed by atoms with E-state index in [4.69, 9.17) is 0 Å². The van der Waals surface area contributed by atoms with Crippen LogP contribution < -0.4 is 5.32 Å². The van der Waals surface area contributed by atoms with E-state index in [1.807, 2.05) is 12.1 Å². The van der Waals surface area contributed by atoms with Crippen LogP contribution in [0.2, 0.25) is 0 Å². The summed E-state index contributed by atoms with van der Waals surface area (Å²) in [6.45, 7) is 3.64. The molecule has 2 aliphatic rings. The molecule has 0 bridgehead atoms. The minimum absolute atomic E-state index is 0.0101. The fourth-order valence-corrected chi connectivity index (χ4v) is 4.33. The number of halogens is 3. The monoisotopic (exact) mass is 416 g/mol. The van der Waals surface area contributed by atoms with Crippen molar-refractivity contribution in [1.82, 2.24) is 10.2 Å². The van der Waals surface area contributed by atoms with Crippen LogP contribution in [-0.2, 0) is 24.1 Å². The summed E-state index contributed by atoms with van der Waals surface area (Å²) >= 11 is 0. The molecular weight excluding hydrogens is 389 g/mol. The first kappa shape index (κ1) is 20.9. The van der Waals surface area contributed by atoms with Crippen LogP contribution in [0.25, 0.3) is 0 Å². The van der Waals surface area contributed by atoms with Gasteiger partial charge in [-0.1, -0.05) is 42.8 Å². The van der Waals surface area contributed by atoms with Gasteiger partial charge in [0.2, 0.25) is 5.91 Å². The summed E-state index contributed by atoms with van der Waals surface area (Å²) in [6, 6.07) is 13.4. The molecule has 0 spiro atoms. The maximum absolute atomic E-state index is 12.7. The van der Waals surface area contributed by atoms with Gasteiger partial charge in [-0.25, -0.2) is 0 Å². The van der Waals surface area contributed by atoms with E-state index in [1.165, 1.54) is 37.0 Å². The largest absolute Gasteiger partial charge is 0.416 e. The van der Waals surface area contributed by atoms with Gasteiger partial charge < -0.3 is 5.32 Å². The molecular formula is C24H27F3N2O. The van der Waals surface area contributed by atoms with Crippen molar-refractivity contribution in [2.45, 2.75) is 50.9 Å². The topological polar surface area (TPSA) is 32.3 Å². The molecule has 1 saturated carbocycles. The van der Waals surface area contributed by atoms with Crippen LogP contribution in [-0.4, -0.2) is 23.9 Å². The Morgan fingerprint density at radius 2 is 1.63 bits per heavy atom. The lowest BCUT2D eigenvalue weighted by molar-refractivity contribution is -0.137. The Kier molecular flexibility index (Phi) is 6.14. The molecule has 1 saturated heterocycles. The molecule has 2 aromatic rings. The zero-order valence-corrected chi connectivity index (χ0v) is 16.9. The Balaban J connectivity index is 1.31. The molecule has 1 amide bonds. The molecule has 0 aromatic heterocycles. The highest BCUT2D eigenvalue weighted by Crippen LogP contribution is 2.48. The number of hydrogen-bond acceptors (Lipinski definition) is 2. The number of nitrogens with zero attached hydrogens (tertiary/aromatic N) is 1. The molecule has 2 aromatic carbocycles. The van der Waals surface area contributed by atoms with E-state index in [1.54, 1.807) is 0 Å². The minimum atomic E-state index is -4.33. The van der Waals surface area contributed by atoms with Gasteiger partial charge in [-0.05, 0) is 67.1 Å². The Bertz CT molecular complexity index is 873.